The molecule has 1 aromatic heterocycles. The number of carboxylic acid groups (broad SMARTS) is 1. The van der Waals surface area contributed by atoms with Crippen LogP contribution in [-0.2, 0) is 34.1 Å². The lowest BCUT2D eigenvalue weighted by Gasteiger charge is -2.31. The van der Waals surface area contributed by atoms with Gasteiger partial charge in [0.25, 0.3) is 0 Å². The standard InChI is InChI=1S/C31H39N3O5S/c1-31(2,17-23-14-24-8-4-5-9-25(24)15-23)33-19-28(35)21-34(3)40(38,39)29-16-27(18-32-20-29)26-10-6-7-22(13-26)11-12-30(36)37/h4-10,13,16,18,20,23,28,33,35H,11-12,14-15,17,19,21H2,1-3H3,(H,36,37). The van der Waals surface area contributed by atoms with Crippen molar-refractivity contribution in [1.29, 1.82) is 0 Å². The number of hydrogen-bond donors (Lipinski definition) is 3. The SMILES string of the molecule is CN(CC(O)CNC(C)(C)CC1Cc2ccccc2C1)S(=O)(=O)c1cncc(-c2cccc(CCC(=O)O)c2)c1. The van der Waals surface area contributed by atoms with Gasteiger partial charge in [0.15, 0.2) is 0 Å². The summed E-state index contributed by atoms with van der Waals surface area (Å²) in [4.78, 5) is 15.1. The van der Waals surface area contributed by atoms with Crippen molar-refractivity contribution in [2.75, 3.05) is 20.1 Å². The van der Waals surface area contributed by atoms with E-state index in [9.17, 15) is 18.3 Å². The lowest BCUT2D eigenvalue weighted by Crippen LogP contribution is -2.47. The highest BCUT2D eigenvalue weighted by Crippen LogP contribution is 2.32. The number of rotatable bonds is 13. The summed E-state index contributed by atoms with van der Waals surface area (Å²) in [6.07, 6.45) is 5.48. The molecule has 0 saturated carbocycles. The zero-order chi connectivity index (χ0) is 28.9. The summed E-state index contributed by atoms with van der Waals surface area (Å²) < 4.78 is 27.8. The minimum atomic E-state index is -3.89. The molecule has 1 atom stereocenters. The van der Waals surface area contributed by atoms with E-state index in [2.05, 4.69) is 48.4 Å². The highest BCUT2D eigenvalue weighted by molar-refractivity contribution is 7.89. The Morgan fingerprint density at radius 3 is 2.45 bits per heavy atom. The second-order valence-corrected chi connectivity index (χ2v) is 13.5. The van der Waals surface area contributed by atoms with E-state index < -0.39 is 22.1 Å². The zero-order valence-corrected chi connectivity index (χ0v) is 24.2. The second-order valence-electron chi connectivity index (χ2n) is 11.5. The zero-order valence-electron chi connectivity index (χ0n) is 23.4. The van der Waals surface area contributed by atoms with Gasteiger partial charge >= 0.3 is 5.97 Å². The fourth-order valence-corrected chi connectivity index (χ4v) is 6.70. The van der Waals surface area contributed by atoms with Crippen LogP contribution in [0.4, 0.5) is 0 Å². The van der Waals surface area contributed by atoms with Gasteiger partial charge in [0, 0.05) is 50.1 Å². The van der Waals surface area contributed by atoms with Crippen molar-refractivity contribution in [1.82, 2.24) is 14.6 Å². The van der Waals surface area contributed by atoms with Crippen LogP contribution < -0.4 is 5.32 Å². The maximum absolute atomic E-state index is 13.3. The van der Waals surface area contributed by atoms with Gasteiger partial charge in [-0.25, -0.2) is 8.42 Å². The Balaban J connectivity index is 1.34. The Morgan fingerprint density at radius 2 is 1.77 bits per heavy atom. The molecule has 1 aliphatic carbocycles. The molecule has 214 valence electrons. The number of likely N-dealkylation sites (N-methyl/N-ethyl adjacent to an activating group) is 1. The van der Waals surface area contributed by atoms with Crippen molar-refractivity contribution in [2.45, 2.75) is 62.5 Å². The number of nitrogens with one attached hydrogen (secondary N) is 1. The molecule has 1 aliphatic rings. The summed E-state index contributed by atoms with van der Waals surface area (Å²) in [7, 11) is -2.44. The van der Waals surface area contributed by atoms with E-state index in [4.69, 9.17) is 5.11 Å². The Hall–Kier alpha value is -3.11. The molecule has 4 rings (SSSR count). The minimum Gasteiger partial charge on any atom is -0.481 e. The number of carbonyl (C=O) groups is 1. The molecule has 40 heavy (non-hydrogen) atoms. The largest absolute Gasteiger partial charge is 0.481 e. The lowest BCUT2D eigenvalue weighted by molar-refractivity contribution is -0.136. The molecule has 1 heterocycles. The third kappa shape index (κ3) is 7.75. The van der Waals surface area contributed by atoms with E-state index in [1.54, 1.807) is 12.3 Å². The number of aliphatic carboxylic acids is 1. The van der Waals surface area contributed by atoms with Crippen LogP contribution in [0.5, 0.6) is 0 Å². The van der Waals surface area contributed by atoms with Gasteiger partial charge in [-0.15, -0.1) is 0 Å². The molecule has 0 saturated heterocycles. The van der Waals surface area contributed by atoms with Crippen LogP contribution in [0.2, 0.25) is 0 Å². The Labute approximate surface area is 237 Å². The molecule has 0 fully saturated rings. The van der Waals surface area contributed by atoms with E-state index in [1.165, 1.54) is 24.4 Å². The van der Waals surface area contributed by atoms with Gasteiger partial charge in [-0.2, -0.15) is 4.31 Å². The first-order valence-corrected chi connectivity index (χ1v) is 15.1. The van der Waals surface area contributed by atoms with E-state index in [-0.39, 0.29) is 29.9 Å². The van der Waals surface area contributed by atoms with Crippen LogP contribution in [-0.4, -0.2) is 65.7 Å². The average Bonchev–Trinajstić information content (AvgIpc) is 3.32. The Bertz CT molecular complexity index is 1420. The number of aliphatic hydroxyl groups excluding tert-OH is 1. The number of β-amino-alcohol motifs (C(OH)–C–C–N with tert-alkyl or cyclic N) is 1. The number of benzene rings is 2. The molecule has 3 N–H and O–H groups in total. The first kappa shape index (κ1) is 29.9. The van der Waals surface area contributed by atoms with Crippen LogP contribution in [0.1, 0.15) is 43.4 Å². The molecule has 8 nitrogen and oxygen atoms in total. The normalized spacial score (nSPS) is 14.8. The number of aromatic nitrogens is 1. The molecule has 0 bridgehead atoms. The Kier molecular flexibility index (Phi) is 9.41. The molecule has 3 aromatic rings. The monoisotopic (exact) mass is 565 g/mol. The van der Waals surface area contributed by atoms with Crippen LogP contribution in [0.15, 0.2) is 71.9 Å². The van der Waals surface area contributed by atoms with Gasteiger partial charge in [0.05, 0.1) is 6.10 Å². The highest BCUT2D eigenvalue weighted by atomic mass is 32.2. The summed E-state index contributed by atoms with van der Waals surface area (Å²) in [6, 6.07) is 17.5. The quantitative estimate of drug-likeness (QED) is 0.287. The lowest BCUT2D eigenvalue weighted by atomic mass is 9.88. The number of nitrogens with zero attached hydrogens (tertiary/aromatic N) is 2. The number of carboxylic acids is 1. The van der Waals surface area contributed by atoms with E-state index in [0.29, 0.717) is 17.9 Å². The molecule has 0 aliphatic heterocycles. The third-order valence-electron chi connectivity index (χ3n) is 7.53. The van der Waals surface area contributed by atoms with Crippen molar-refractivity contribution >= 4 is 16.0 Å². The van der Waals surface area contributed by atoms with Crippen molar-refractivity contribution in [2.24, 2.45) is 5.92 Å². The predicted molar refractivity (Wildman–Crippen MR) is 155 cm³/mol. The minimum absolute atomic E-state index is 0.0180. The van der Waals surface area contributed by atoms with Gasteiger partial charge in [-0.3, -0.25) is 9.78 Å². The van der Waals surface area contributed by atoms with Crippen molar-refractivity contribution in [3.63, 3.8) is 0 Å². The van der Waals surface area contributed by atoms with Crippen molar-refractivity contribution in [3.8, 4) is 11.1 Å². The first-order valence-electron chi connectivity index (χ1n) is 13.7. The van der Waals surface area contributed by atoms with E-state index in [1.807, 2.05) is 24.3 Å². The first-order chi connectivity index (χ1) is 18.9. The van der Waals surface area contributed by atoms with Gasteiger partial charge in [0.2, 0.25) is 10.0 Å². The fraction of sp³-hybridized carbons (Fsp3) is 0.419. The summed E-state index contributed by atoms with van der Waals surface area (Å²) >= 11 is 0. The van der Waals surface area contributed by atoms with Crippen molar-refractivity contribution in [3.05, 3.63) is 83.7 Å². The second kappa shape index (κ2) is 12.6. The molecule has 9 heteroatoms. The fourth-order valence-electron chi connectivity index (χ4n) is 5.50. The summed E-state index contributed by atoms with van der Waals surface area (Å²) in [6.45, 7) is 4.46. The molecule has 0 spiro atoms. The van der Waals surface area contributed by atoms with Crippen LogP contribution in [0, 0.1) is 5.92 Å². The number of sulfonamides is 1. The summed E-state index contributed by atoms with van der Waals surface area (Å²) in [5.41, 5.74) is 4.85. The van der Waals surface area contributed by atoms with Gasteiger partial charge in [0.1, 0.15) is 4.90 Å². The van der Waals surface area contributed by atoms with Gasteiger partial charge in [-0.1, -0.05) is 48.5 Å². The predicted octanol–water partition coefficient (Wildman–Crippen LogP) is 3.92. The van der Waals surface area contributed by atoms with Crippen molar-refractivity contribution < 1.29 is 23.4 Å². The maximum atomic E-state index is 13.3. The van der Waals surface area contributed by atoms with Crippen LogP contribution in [0.25, 0.3) is 11.1 Å². The van der Waals surface area contributed by atoms with E-state index >= 15 is 0 Å². The number of hydrogen-bond acceptors (Lipinski definition) is 6. The highest BCUT2D eigenvalue weighted by Gasteiger charge is 2.29. The number of fused-ring (bicyclic) bond motifs is 1. The molecular weight excluding hydrogens is 526 g/mol. The summed E-state index contributed by atoms with van der Waals surface area (Å²) in [5, 5.41) is 23.1. The molecule has 0 amide bonds. The van der Waals surface area contributed by atoms with E-state index in [0.717, 1.165) is 34.7 Å². The van der Waals surface area contributed by atoms with Gasteiger partial charge < -0.3 is 15.5 Å². The molecule has 0 radical (unpaired) electrons. The number of pyridine rings is 1. The van der Waals surface area contributed by atoms with Crippen LogP contribution >= 0.6 is 0 Å². The topological polar surface area (TPSA) is 120 Å². The third-order valence-corrected chi connectivity index (χ3v) is 9.32. The smallest absolute Gasteiger partial charge is 0.303 e. The van der Waals surface area contributed by atoms with Crippen LogP contribution in [0.3, 0.4) is 0 Å². The molecule has 1 unspecified atom stereocenters. The molecular formula is C31H39N3O5S. The summed E-state index contributed by atoms with van der Waals surface area (Å²) in [5.74, 6) is -0.332. The average molecular weight is 566 g/mol. The maximum Gasteiger partial charge on any atom is 0.303 e. The Morgan fingerprint density at radius 1 is 1.07 bits per heavy atom. The molecule has 2 aromatic carbocycles. The number of aliphatic hydroxyl groups is 1. The van der Waals surface area contributed by atoms with Gasteiger partial charge in [-0.05, 0) is 73.8 Å². The number of aryl methyl sites for hydroxylation is 1.